The number of halogens is 5. The first-order valence-electron chi connectivity index (χ1n) is 7.81. The quantitative estimate of drug-likeness (QED) is 0.405. The van der Waals surface area contributed by atoms with Crippen molar-refractivity contribution in [3.05, 3.63) is 70.3 Å². The van der Waals surface area contributed by atoms with Crippen LogP contribution in [-0.2, 0) is 6.18 Å². The number of aromatic amines is 1. The van der Waals surface area contributed by atoms with Gasteiger partial charge >= 0.3 is 6.18 Å². The van der Waals surface area contributed by atoms with Gasteiger partial charge in [0, 0.05) is 17.3 Å². The molecule has 8 heteroatoms. The van der Waals surface area contributed by atoms with Crippen LogP contribution in [0.5, 0.6) is 0 Å². The van der Waals surface area contributed by atoms with E-state index in [1.165, 1.54) is 6.07 Å². The Hall–Kier alpha value is -2.57. The Kier molecular flexibility index (Phi) is 4.32. The highest BCUT2D eigenvalue weighted by Gasteiger charge is 2.30. The molecular weight excluding hydrogens is 398 g/mol. The van der Waals surface area contributed by atoms with Crippen molar-refractivity contribution < 1.29 is 13.2 Å². The molecule has 4 rings (SSSR count). The minimum absolute atomic E-state index is 0.285. The van der Waals surface area contributed by atoms with E-state index in [1.807, 2.05) is 0 Å². The number of alkyl halides is 3. The van der Waals surface area contributed by atoms with Crippen LogP contribution in [0.15, 0.2) is 54.7 Å². The lowest BCUT2D eigenvalue weighted by molar-refractivity contribution is -0.137. The van der Waals surface area contributed by atoms with Gasteiger partial charge in [-0.1, -0.05) is 29.3 Å². The van der Waals surface area contributed by atoms with Gasteiger partial charge in [0.25, 0.3) is 0 Å². The normalized spacial score (nSPS) is 11.9. The summed E-state index contributed by atoms with van der Waals surface area (Å²) >= 11 is 12.5. The second-order valence-electron chi connectivity index (χ2n) is 5.84. The maximum Gasteiger partial charge on any atom is 0.416 e. The first-order valence-corrected chi connectivity index (χ1v) is 8.56. The minimum atomic E-state index is -4.42. The molecule has 0 radical (unpaired) electrons. The zero-order valence-electron chi connectivity index (χ0n) is 13.5. The molecule has 0 aliphatic heterocycles. The van der Waals surface area contributed by atoms with Gasteiger partial charge < -0.3 is 4.98 Å². The third kappa shape index (κ3) is 3.38. The first-order chi connectivity index (χ1) is 12.8. The highest BCUT2D eigenvalue weighted by atomic mass is 35.5. The number of rotatable bonds is 2. The molecule has 136 valence electrons. The maximum absolute atomic E-state index is 12.9. The van der Waals surface area contributed by atoms with Crippen LogP contribution in [-0.4, -0.2) is 15.0 Å². The van der Waals surface area contributed by atoms with E-state index in [2.05, 4.69) is 15.0 Å². The fourth-order valence-corrected chi connectivity index (χ4v) is 3.27. The number of pyridine rings is 1. The molecule has 0 aliphatic rings. The highest BCUT2D eigenvalue weighted by molar-refractivity contribution is 6.34. The molecule has 2 heterocycles. The third-order valence-corrected chi connectivity index (χ3v) is 4.68. The van der Waals surface area contributed by atoms with E-state index in [4.69, 9.17) is 23.2 Å². The first kappa shape index (κ1) is 17.8. The van der Waals surface area contributed by atoms with Crippen LogP contribution >= 0.6 is 23.2 Å². The Bertz CT molecular complexity index is 1150. The Morgan fingerprint density at radius 2 is 1.74 bits per heavy atom. The molecule has 3 nitrogen and oxygen atoms in total. The Labute approximate surface area is 161 Å². The van der Waals surface area contributed by atoms with Crippen LogP contribution < -0.4 is 0 Å². The zero-order valence-corrected chi connectivity index (χ0v) is 15.0. The highest BCUT2D eigenvalue weighted by Crippen LogP contribution is 2.35. The van der Waals surface area contributed by atoms with Crippen molar-refractivity contribution in [2.24, 2.45) is 0 Å². The molecule has 1 N–H and O–H groups in total. The van der Waals surface area contributed by atoms with Crippen LogP contribution in [0.2, 0.25) is 10.0 Å². The summed E-state index contributed by atoms with van der Waals surface area (Å²) in [4.78, 5) is 11.5. The van der Waals surface area contributed by atoms with Crippen molar-refractivity contribution >= 4 is 34.2 Å². The average molecular weight is 408 g/mol. The summed E-state index contributed by atoms with van der Waals surface area (Å²) in [6.45, 7) is 0. The number of fused-ring (bicyclic) bond motifs is 1. The van der Waals surface area contributed by atoms with Crippen molar-refractivity contribution in [2.75, 3.05) is 0 Å². The summed E-state index contributed by atoms with van der Waals surface area (Å²) in [7, 11) is 0. The van der Waals surface area contributed by atoms with Gasteiger partial charge in [-0.25, -0.2) is 4.98 Å². The van der Waals surface area contributed by atoms with E-state index < -0.39 is 11.7 Å². The molecule has 27 heavy (non-hydrogen) atoms. The largest absolute Gasteiger partial charge is 0.416 e. The number of hydrogen-bond acceptors (Lipinski definition) is 2. The topological polar surface area (TPSA) is 41.6 Å². The molecule has 0 saturated carbocycles. The second kappa shape index (κ2) is 6.55. The monoisotopic (exact) mass is 407 g/mol. The van der Waals surface area contributed by atoms with Crippen molar-refractivity contribution in [1.82, 2.24) is 15.0 Å². The SMILES string of the molecule is FC(F)(F)c1ccc2nc(-c3ccc(-c4ncccc4Cl)cc3Cl)[nH]c2c1. The van der Waals surface area contributed by atoms with Gasteiger partial charge in [0.1, 0.15) is 5.82 Å². The Morgan fingerprint density at radius 3 is 2.44 bits per heavy atom. The molecule has 0 aliphatic carbocycles. The number of nitrogens with zero attached hydrogens (tertiary/aromatic N) is 2. The summed E-state index contributed by atoms with van der Waals surface area (Å²) in [6, 6.07) is 12.0. The zero-order chi connectivity index (χ0) is 19.2. The summed E-state index contributed by atoms with van der Waals surface area (Å²) in [5.74, 6) is 0.382. The van der Waals surface area contributed by atoms with Gasteiger partial charge in [0.2, 0.25) is 0 Å². The van der Waals surface area contributed by atoms with Gasteiger partial charge in [-0.05, 0) is 42.5 Å². The van der Waals surface area contributed by atoms with Gasteiger partial charge in [0.05, 0.1) is 32.3 Å². The van der Waals surface area contributed by atoms with Gasteiger partial charge in [-0.2, -0.15) is 13.2 Å². The maximum atomic E-state index is 12.9. The number of H-pyrrole nitrogens is 1. The van der Waals surface area contributed by atoms with Crippen molar-refractivity contribution in [3.8, 4) is 22.6 Å². The fraction of sp³-hybridized carbons (Fsp3) is 0.0526. The van der Waals surface area contributed by atoms with Crippen LogP contribution in [0.4, 0.5) is 13.2 Å². The number of nitrogens with one attached hydrogen (secondary N) is 1. The lowest BCUT2D eigenvalue weighted by atomic mass is 10.1. The van der Waals surface area contributed by atoms with E-state index in [0.29, 0.717) is 32.6 Å². The lowest BCUT2D eigenvalue weighted by Crippen LogP contribution is -2.04. The number of hydrogen-bond donors (Lipinski definition) is 1. The second-order valence-corrected chi connectivity index (χ2v) is 6.66. The predicted molar refractivity (Wildman–Crippen MR) is 99.8 cm³/mol. The molecule has 2 aromatic carbocycles. The van der Waals surface area contributed by atoms with E-state index in [-0.39, 0.29) is 5.52 Å². The molecule has 0 amide bonds. The van der Waals surface area contributed by atoms with Crippen LogP contribution in [0.3, 0.4) is 0 Å². The van der Waals surface area contributed by atoms with Crippen LogP contribution in [0.1, 0.15) is 5.56 Å². The van der Waals surface area contributed by atoms with E-state index in [0.717, 1.165) is 17.7 Å². The predicted octanol–water partition coefficient (Wildman–Crippen LogP) is 6.62. The van der Waals surface area contributed by atoms with E-state index >= 15 is 0 Å². The van der Waals surface area contributed by atoms with E-state index in [9.17, 15) is 13.2 Å². The molecular formula is C19H10Cl2F3N3. The average Bonchev–Trinajstić information content (AvgIpc) is 3.04. The van der Waals surface area contributed by atoms with Crippen LogP contribution in [0, 0.1) is 0 Å². The minimum Gasteiger partial charge on any atom is -0.338 e. The van der Waals surface area contributed by atoms with Crippen molar-refractivity contribution in [2.45, 2.75) is 6.18 Å². The summed E-state index contributed by atoms with van der Waals surface area (Å²) < 4.78 is 38.6. The molecule has 0 atom stereocenters. The van der Waals surface area contributed by atoms with Gasteiger partial charge in [0.15, 0.2) is 0 Å². The molecule has 0 unspecified atom stereocenters. The summed E-state index contributed by atoms with van der Waals surface area (Å²) in [6.07, 6.45) is -2.79. The van der Waals surface area contributed by atoms with Crippen molar-refractivity contribution in [3.63, 3.8) is 0 Å². The van der Waals surface area contributed by atoms with Crippen molar-refractivity contribution in [1.29, 1.82) is 0 Å². The molecule has 0 fully saturated rings. The van der Waals surface area contributed by atoms with Crippen LogP contribution in [0.25, 0.3) is 33.7 Å². The molecule has 4 aromatic rings. The summed E-state index contributed by atoms with van der Waals surface area (Å²) in [5.41, 5.74) is 1.85. The smallest absolute Gasteiger partial charge is 0.338 e. The molecule has 0 saturated heterocycles. The third-order valence-electron chi connectivity index (χ3n) is 4.07. The lowest BCUT2D eigenvalue weighted by Gasteiger charge is -2.06. The Morgan fingerprint density at radius 1 is 0.926 bits per heavy atom. The van der Waals surface area contributed by atoms with Gasteiger partial charge in [-0.3, -0.25) is 4.98 Å². The standard InChI is InChI=1S/C19H10Cl2F3N3/c20-13-2-1-7-25-17(13)10-3-5-12(14(21)8-10)18-26-15-6-4-11(19(22,23)24)9-16(15)27-18/h1-9H,(H,26,27). The number of imidazole rings is 1. The van der Waals surface area contributed by atoms with E-state index in [1.54, 1.807) is 36.5 Å². The number of benzene rings is 2. The summed E-state index contributed by atoms with van der Waals surface area (Å²) in [5, 5.41) is 0.869. The number of aromatic nitrogens is 3. The van der Waals surface area contributed by atoms with Gasteiger partial charge in [-0.15, -0.1) is 0 Å². The Balaban J connectivity index is 1.76. The fourth-order valence-electron chi connectivity index (χ4n) is 2.77. The molecule has 0 bridgehead atoms. The molecule has 2 aromatic heterocycles. The molecule has 0 spiro atoms.